The number of benzene rings is 2. The maximum atomic E-state index is 15.0. The van der Waals surface area contributed by atoms with Crippen LogP contribution in [0.2, 0.25) is 5.02 Å². The van der Waals surface area contributed by atoms with Crippen LogP contribution < -0.4 is 10.2 Å². The van der Waals surface area contributed by atoms with Gasteiger partial charge in [0.15, 0.2) is 0 Å². The van der Waals surface area contributed by atoms with E-state index in [0.29, 0.717) is 42.3 Å². The van der Waals surface area contributed by atoms with Crippen LogP contribution in [0, 0.1) is 17.2 Å². The van der Waals surface area contributed by atoms with Crippen molar-refractivity contribution in [1.82, 2.24) is 15.1 Å². The molecular formula is C29H40ClFN4O. The number of hydrogen-bond donors (Lipinski definition) is 1. The SMILES string of the molecule is CC(C)[C@@H]1CNCCN1Cc1ccc([C@@H]2CN(C(=O)C(C)(C)C)CCN2c2ccc(Cl)cc2F)cc1. The van der Waals surface area contributed by atoms with Crippen molar-refractivity contribution in [2.75, 3.05) is 44.2 Å². The average molecular weight is 515 g/mol. The lowest BCUT2D eigenvalue weighted by atomic mass is 9.92. The van der Waals surface area contributed by atoms with Crippen LogP contribution in [0.15, 0.2) is 42.5 Å². The zero-order valence-corrected chi connectivity index (χ0v) is 23.0. The third kappa shape index (κ3) is 6.04. The number of anilines is 1. The summed E-state index contributed by atoms with van der Waals surface area (Å²) < 4.78 is 15.0. The lowest BCUT2D eigenvalue weighted by molar-refractivity contribution is -0.140. The van der Waals surface area contributed by atoms with Crippen molar-refractivity contribution in [3.05, 3.63) is 64.4 Å². The fourth-order valence-electron chi connectivity index (χ4n) is 5.43. The molecule has 0 unspecified atom stereocenters. The summed E-state index contributed by atoms with van der Waals surface area (Å²) in [5, 5.41) is 3.90. The van der Waals surface area contributed by atoms with Crippen LogP contribution in [-0.2, 0) is 11.3 Å². The van der Waals surface area contributed by atoms with E-state index in [0.717, 1.165) is 31.7 Å². The van der Waals surface area contributed by atoms with Gasteiger partial charge in [-0.1, -0.05) is 70.5 Å². The summed E-state index contributed by atoms with van der Waals surface area (Å²) in [6, 6.07) is 13.9. The molecule has 2 fully saturated rings. The number of carbonyl (C=O) groups excluding carboxylic acids is 1. The molecule has 4 rings (SSSR count). The molecule has 2 aliphatic rings. The largest absolute Gasteiger partial charge is 0.359 e. The minimum atomic E-state index is -0.460. The standard InChI is InChI=1S/C29H40ClFN4O/c1-20(2)26-17-32-12-13-33(26)18-21-6-8-22(9-7-21)27-19-34(28(36)29(3,4)5)14-15-35(27)25-11-10-23(30)16-24(25)31/h6-11,16,20,26-27,32H,12-15,17-19H2,1-5H3/t26-,27-/m0/s1. The molecule has 2 aromatic rings. The maximum Gasteiger partial charge on any atom is 0.228 e. The second-order valence-corrected chi connectivity index (χ2v) is 12.0. The number of carbonyl (C=O) groups is 1. The second-order valence-electron chi connectivity index (χ2n) is 11.5. The summed E-state index contributed by atoms with van der Waals surface area (Å²) in [7, 11) is 0. The number of nitrogens with zero attached hydrogens (tertiary/aromatic N) is 3. The fourth-order valence-corrected chi connectivity index (χ4v) is 5.59. The van der Waals surface area contributed by atoms with Crippen LogP contribution in [0.1, 0.15) is 51.8 Å². The molecule has 0 aromatic heterocycles. The molecule has 0 aliphatic carbocycles. The highest BCUT2D eigenvalue weighted by Gasteiger charge is 2.36. The molecule has 2 atom stereocenters. The number of halogens is 2. The molecule has 2 heterocycles. The Morgan fingerprint density at radius 3 is 2.47 bits per heavy atom. The number of amides is 1. The van der Waals surface area contributed by atoms with Crippen molar-refractivity contribution in [3.8, 4) is 0 Å². The van der Waals surface area contributed by atoms with Gasteiger partial charge >= 0.3 is 0 Å². The Bertz CT molecular complexity index is 1050. The van der Waals surface area contributed by atoms with E-state index in [1.165, 1.54) is 11.6 Å². The van der Waals surface area contributed by atoms with Gasteiger partial charge in [-0.15, -0.1) is 0 Å². The molecule has 0 saturated carbocycles. The Morgan fingerprint density at radius 1 is 1.11 bits per heavy atom. The summed E-state index contributed by atoms with van der Waals surface area (Å²) in [4.78, 5) is 19.7. The first-order chi connectivity index (χ1) is 17.0. The van der Waals surface area contributed by atoms with Crippen LogP contribution in [-0.4, -0.2) is 61.0 Å². The topological polar surface area (TPSA) is 38.8 Å². The van der Waals surface area contributed by atoms with Gasteiger partial charge in [-0.25, -0.2) is 4.39 Å². The van der Waals surface area contributed by atoms with Crippen molar-refractivity contribution in [1.29, 1.82) is 0 Å². The number of hydrogen-bond acceptors (Lipinski definition) is 4. The van der Waals surface area contributed by atoms with E-state index in [2.05, 4.69) is 53.2 Å². The first-order valence-electron chi connectivity index (χ1n) is 13.1. The average Bonchev–Trinajstić information content (AvgIpc) is 2.83. The molecule has 5 nitrogen and oxygen atoms in total. The first kappa shape index (κ1) is 26.9. The predicted octanol–water partition coefficient (Wildman–Crippen LogP) is 5.34. The zero-order valence-electron chi connectivity index (χ0n) is 22.2. The smallest absolute Gasteiger partial charge is 0.228 e. The van der Waals surface area contributed by atoms with Gasteiger partial charge in [0.25, 0.3) is 0 Å². The molecule has 196 valence electrons. The zero-order chi connectivity index (χ0) is 26.0. The highest BCUT2D eigenvalue weighted by molar-refractivity contribution is 6.30. The maximum absolute atomic E-state index is 15.0. The molecule has 0 radical (unpaired) electrons. The van der Waals surface area contributed by atoms with E-state index in [9.17, 15) is 9.18 Å². The summed E-state index contributed by atoms with van der Waals surface area (Å²) in [6.45, 7) is 16.1. The third-order valence-corrected chi connectivity index (χ3v) is 7.68. The van der Waals surface area contributed by atoms with Crippen molar-refractivity contribution < 1.29 is 9.18 Å². The summed E-state index contributed by atoms with van der Waals surface area (Å²) >= 11 is 6.03. The molecule has 0 spiro atoms. The molecular weight excluding hydrogens is 475 g/mol. The van der Waals surface area contributed by atoms with Crippen LogP contribution >= 0.6 is 11.6 Å². The molecule has 36 heavy (non-hydrogen) atoms. The normalized spacial score (nSPS) is 21.8. The van der Waals surface area contributed by atoms with Crippen molar-refractivity contribution in [3.63, 3.8) is 0 Å². The highest BCUT2D eigenvalue weighted by atomic mass is 35.5. The number of nitrogens with one attached hydrogen (secondary N) is 1. The Labute approximate surface area is 220 Å². The Balaban J connectivity index is 1.59. The van der Waals surface area contributed by atoms with Crippen LogP contribution in [0.25, 0.3) is 0 Å². The Kier molecular flexibility index (Phi) is 8.28. The van der Waals surface area contributed by atoms with E-state index in [1.807, 2.05) is 25.7 Å². The van der Waals surface area contributed by atoms with E-state index < -0.39 is 5.41 Å². The van der Waals surface area contributed by atoms with Gasteiger partial charge in [-0.3, -0.25) is 9.69 Å². The predicted molar refractivity (Wildman–Crippen MR) is 146 cm³/mol. The van der Waals surface area contributed by atoms with Crippen molar-refractivity contribution in [2.45, 2.75) is 53.2 Å². The summed E-state index contributed by atoms with van der Waals surface area (Å²) in [5.41, 5.74) is 2.42. The minimum Gasteiger partial charge on any atom is -0.359 e. The van der Waals surface area contributed by atoms with Gasteiger partial charge in [-0.05, 0) is 35.2 Å². The second kappa shape index (κ2) is 11.1. The molecule has 2 saturated heterocycles. The molecule has 2 aliphatic heterocycles. The molecule has 1 amide bonds. The van der Waals surface area contributed by atoms with Gasteiger partial charge in [0, 0.05) is 62.3 Å². The van der Waals surface area contributed by atoms with Crippen molar-refractivity contribution in [2.24, 2.45) is 11.3 Å². The first-order valence-corrected chi connectivity index (χ1v) is 13.5. The Hall–Kier alpha value is -2.15. The van der Waals surface area contributed by atoms with Gasteiger partial charge in [-0.2, -0.15) is 0 Å². The Morgan fingerprint density at radius 2 is 1.83 bits per heavy atom. The monoisotopic (exact) mass is 514 g/mol. The van der Waals surface area contributed by atoms with E-state index >= 15 is 0 Å². The minimum absolute atomic E-state index is 0.124. The van der Waals surface area contributed by atoms with Gasteiger partial charge in [0.05, 0.1) is 11.7 Å². The van der Waals surface area contributed by atoms with Gasteiger partial charge in [0.1, 0.15) is 5.82 Å². The quantitative estimate of drug-likeness (QED) is 0.584. The fraction of sp³-hybridized carbons (Fsp3) is 0.552. The highest BCUT2D eigenvalue weighted by Crippen LogP contribution is 2.35. The lowest BCUT2D eigenvalue weighted by Gasteiger charge is -2.44. The summed E-state index contributed by atoms with van der Waals surface area (Å²) in [6.07, 6.45) is 0. The molecule has 0 bridgehead atoms. The lowest BCUT2D eigenvalue weighted by Crippen LogP contribution is -2.53. The van der Waals surface area contributed by atoms with E-state index in [-0.39, 0.29) is 17.8 Å². The van der Waals surface area contributed by atoms with Gasteiger partial charge < -0.3 is 15.1 Å². The third-order valence-electron chi connectivity index (χ3n) is 7.45. The van der Waals surface area contributed by atoms with E-state index in [4.69, 9.17) is 11.6 Å². The van der Waals surface area contributed by atoms with Crippen molar-refractivity contribution >= 4 is 23.2 Å². The summed E-state index contributed by atoms with van der Waals surface area (Å²) in [5.74, 6) is 0.380. The molecule has 7 heteroatoms. The van der Waals surface area contributed by atoms with Crippen LogP contribution in [0.5, 0.6) is 0 Å². The number of rotatable bonds is 5. The van der Waals surface area contributed by atoms with Gasteiger partial charge in [0.2, 0.25) is 5.91 Å². The number of piperazine rings is 2. The van der Waals surface area contributed by atoms with Crippen LogP contribution in [0.4, 0.5) is 10.1 Å². The molecule has 2 aromatic carbocycles. The van der Waals surface area contributed by atoms with E-state index in [1.54, 1.807) is 12.1 Å². The van der Waals surface area contributed by atoms with Crippen LogP contribution in [0.3, 0.4) is 0 Å². The molecule has 1 N–H and O–H groups in total.